The second-order valence-corrected chi connectivity index (χ2v) is 6.28. The molecule has 1 aromatic heterocycles. The van der Waals surface area contributed by atoms with E-state index in [1.807, 2.05) is 49.6 Å². The molecule has 0 spiro atoms. The molecule has 19 heavy (non-hydrogen) atoms. The zero-order valence-electron chi connectivity index (χ0n) is 10.8. The lowest BCUT2D eigenvalue weighted by molar-refractivity contribution is -0.119. The Kier molecular flexibility index (Phi) is 2.73. The number of carbonyl (C=O) groups is 1. The maximum atomic E-state index is 11.9. The van der Waals surface area contributed by atoms with Crippen molar-refractivity contribution in [1.29, 1.82) is 0 Å². The molecule has 0 bridgehead atoms. The number of carbonyl (C=O) groups excluding carboxylic acids is 1. The number of thiophene rings is 1. The minimum Gasteiger partial charge on any atom is -0.383 e. The third-order valence-corrected chi connectivity index (χ3v) is 4.59. The summed E-state index contributed by atoms with van der Waals surface area (Å²) in [6.07, 6.45) is -0.628. The minimum atomic E-state index is -0.628. The lowest BCUT2D eigenvalue weighted by atomic mass is 9.85. The van der Waals surface area contributed by atoms with Crippen LogP contribution in [0.4, 0.5) is 5.69 Å². The minimum absolute atomic E-state index is 0.00487. The van der Waals surface area contributed by atoms with E-state index in [2.05, 4.69) is 5.32 Å². The average Bonchev–Trinajstić information content (AvgIpc) is 2.98. The van der Waals surface area contributed by atoms with Gasteiger partial charge in [-0.3, -0.25) is 4.79 Å². The van der Waals surface area contributed by atoms with E-state index in [1.54, 1.807) is 0 Å². The van der Waals surface area contributed by atoms with Crippen molar-refractivity contribution < 1.29 is 9.90 Å². The van der Waals surface area contributed by atoms with E-state index in [4.69, 9.17) is 0 Å². The van der Waals surface area contributed by atoms with Crippen molar-refractivity contribution in [3.8, 4) is 0 Å². The number of rotatable bonds is 2. The van der Waals surface area contributed by atoms with Crippen molar-refractivity contribution in [2.45, 2.75) is 25.4 Å². The van der Waals surface area contributed by atoms with Crippen molar-refractivity contribution in [2.24, 2.45) is 0 Å². The summed E-state index contributed by atoms with van der Waals surface area (Å²) < 4.78 is 0. The molecule has 2 aromatic rings. The first kappa shape index (κ1) is 12.4. The van der Waals surface area contributed by atoms with Crippen molar-refractivity contribution in [1.82, 2.24) is 0 Å². The lowest BCUT2D eigenvalue weighted by Gasteiger charge is -2.17. The number of fused-ring (bicyclic) bond motifs is 1. The molecule has 2 heterocycles. The fourth-order valence-corrected chi connectivity index (χ4v) is 3.11. The Labute approximate surface area is 115 Å². The number of hydrogen-bond donors (Lipinski definition) is 2. The van der Waals surface area contributed by atoms with Gasteiger partial charge in [0, 0.05) is 10.6 Å². The molecule has 1 amide bonds. The molecule has 3 nitrogen and oxygen atoms in total. The van der Waals surface area contributed by atoms with E-state index in [1.165, 1.54) is 11.3 Å². The fraction of sp³-hybridized carbons (Fsp3) is 0.267. The topological polar surface area (TPSA) is 49.3 Å². The number of amides is 1. The summed E-state index contributed by atoms with van der Waals surface area (Å²) in [6.45, 7) is 3.80. The smallest absolute Gasteiger partial charge is 0.234 e. The summed E-state index contributed by atoms with van der Waals surface area (Å²) in [7, 11) is 0. The molecular formula is C15H15NO2S. The Morgan fingerprint density at radius 2 is 2.11 bits per heavy atom. The zero-order valence-corrected chi connectivity index (χ0v) is 11.6. The van der Waals surface area contributed by atoms with E-state index in [-0.39, 0.29) is 5.91 Å². The quantitative estimate of drug-likeness (QED) is 0.883. The first-order valence-corrected chi connectivity index (χ1v) is 7.05. The molecule has 0 saturated carbocycles. The van der Waals surface area contributed by atoms with E-state index >= 15 is 0 Å². The van der Waals surface area contributed by atoms with Crippen molar-refractivity contribution in [2.75, 3.05) is 5.32 Å². The van der Waals surface area contributed by atoms with Crippen LogP contribution in [0.2, 0.25) is 0 Å². The van der Waals surface area contributed by atoms with Crippen LogP contribution in [-0.4, -0.2) is 11.0 Å². The Bertz CT molecular complexity index is 632. The Morgan fingerprint density at radius 3 is 2.79 bits per heavy atom. The summed E-state index contributed by atoms with van der Waals surface area (Å²) in [5, 5.41) is 15.2. The van der Waals surface area contributed by atoms with Gasteiger partial charge in [0.05, 0.1) is 5.41 Å². The van der Waals surface area contributed by atoms with Crippen LogP contribution in [-0.2, 0) is 10.2 Å². The summed E-state index contributed by atoms with van der Waals surface area (Å²) in [6, 6.07) is 9.50. The highest BCUT2D eigenvalue weighted by Crippen LogP contribution is 2.39. The van der Waals surface area contributed by atoms with Gasteiger partial charge in [-0.2, -0.15) is 0 Å². The number of anilines is 1. The predicted molar refractivity (Wildman–Crippen MR) is 76.5 cm³/mol. The second-order valence-electron chi connectivity index (χ2n) is 5.30. The highest BCUT2D eigenvalue weighted by molar-refractivity contribution is 7.10. The van der Waals surface area contributed by atoms with E-state index < -0.39 is 11.5 Å². The molecule has 0 fully saturated rings. The summed E-state index contributed by atoms with van der Waals surface area (Å²) in [5.41, 5.74) is 2.08. The molecular weight excluding hydrogens is 258 g/mol. The first-order valence-electron chi connectivity index (χ1n) is 6.17. The maximum Gasteiger partial charge on any atom is 0.234 e. The van der Waals surface area contributed by atoms with Gasteiger partial charge in [-0.1, -0.05) is 12.1 Å². The number of aliphatic hydroxyl groups excluding tert-OH is 1. The van der Waals surface area contributed by atoms with Crippen LogP contribution in [0.1, 0.15) is 36.0 Å². The molecule has 1 aromatic carbocycles. The Morgan fingerprint density at radius 1 is 1.32 bits per heavy atom. The molecule has 1 atom stereocenters. The number of nitrogens with one attached hydrogen (secondary N) is 1. The first-order chi connectivity index (χ1) is 9.00. The van der Waals surface area contributed by atoms with Gasteiger partial charge in [0.25, 0.3) is 0 Å². The molecule has 98 valence electrons. The van der Waals surface area contributed by atoms with Crippen LogP contribution >= 0.6 is 11.3 Å². The molecule has 4 heteroatoms. The molecule has 1 unspecified atom stereocenters. The number of hydrogen-bond acceptors (Lipinski definition) is 3. The third-order valence-electron chi connectivity index (χ3n) is 3.66. The van der Waals surface area contributed by atoms with E-state index in [9.17, 15) is 9.90 Å². The zero-order chi connectivity index (χ0) is 13.6. The average molecular weight is 273 g/mol. The Balaban J connectivity index is 2.04. The normalized spacial score (nSPS) is 17.9. The highest BCUT2D eigenvalue weighted by Gasteiger charge is 2.38. The molecule has 0 radical (unpaired) electrons. The number of benzene rings is 1. The molecule has 0 saturated heterocycles. The standard InChI is InChI=1S/C15H15NO2S/c1-15(2)10-8-9(5-6-11(10)16-14(15)18)13(17)12-4-3-7-19-12/h3-8,13,17H,1-2H3,(H,16,18). The van der Waals surface area contributed by atoms with Crippen molar-refractivity contribution in [3.63, 3.8) is 0 Å². The van der Waals surface area contributed by atoms with Gasteiger partial charge < -0.3 is 10.4 Å². The van der Waals surface area contributed by atoms with E-state index in [0.29, 0.717) is 0 Å². The van der Waals surface area contributed by atoms with Crippen LogP contribution in [0.5, 0.6) is 0 Å². The maximum absolute atomic E-state index is 11.9. The van der Waals surface area contributed by atoms with Crippen LogP contribution in [0.15, 0.2) is 35.7 Å². The van der Waals surface area contributed by atoms with Crippen LogP contribution < -0.4 is 5.32 Å². The number of aliphatic hydroxyl groups is 1. The fourth-order valence-electron chi connectivity index (χ4n) is 2.37. The monoisotopic (exact) mass is 273 g/mol. The molecule has 0 aliphatic carbocycles. The van der Waals surface area contributed by atoms with Crippen molar-refractivity contribution in [3.05, 3.63) is 51.7 Å². The molecule has 3 rings (SSSR count). The summed E-state index contributed by atoms with van der Waals surface area (Å²) in [5.74, 6) is 0.00487. The SMILES string of the molecule is CC1(C)C(=O)Nc2ccc(C(O)c3cccs3)cc21. The van der Waals surface area contributed by atoms with Crippen molar-refractivity contribution >= 4 is 22.9 Å². The second kappa shape index (κ2) is 4.18. The highest BCUT2D eigenvalue weighted by atomic mass is 32.1. The molecule has 2 N–H and O–H groups in total. The van der Waals surface area contributed by atoms with Gasteiger partial charge >= 0.3 is 0 Å². The van der Waals surface area contributed by atoms with Gasteiger partial charge in [0.1, 0.15) is 6.10 Å². The molecule has 1 aliphatic heterocycles. The van der Waals surface area contributed by atoms with E-state index in [0.717, 1.165) is 21.7 Å². The van der Waals surface area contributed by atoms with Gasteiger partial charge in [0.15, 0.2) is 0 Å². The van der Waals surface area contributed by atoms with Crippen LogP contribution in [0.25, 0.3) is 0 Å². The lowest BCUT2D eigenvalue weighted by Crippen LogP contribution is -2.26. The van der Waals surface area contributed by atoms with Gasteiger partial charge in [0.2, 0.25) is 5.91 Å². The molecule has 1 aliphatic rings. The van der Waals surface area contributed by atoms with Crippen LogP contribution in [0, 0.1) is 0 Å². The summed E-state index contributed by atoms with van der Waals surface area (Å²) in [4.78, 5) is 12.8. The summed E-state index contributed by atoms with van der Waals surface area (Å²) >= 11 is 1.53. The predicted octanol–water partition coefficient (Wildman–Crippen LogP) is 3.06. The van der Waals surface area contributed by atoms with Crippen LogP contribution in [0.3, 0.4) is 0 Å². The largest absolute Gasteiger partial charge is 0.383 e. The van der Waals surface area contributed by atoms with Gasteiger partial charge in [-0.25, -0.2) is 0 Å². The van der Waals surface area contributed by atoms with Gasteiger partial charge in [-0.15, -0.1) is 11.3 Å². The Hall–Kier alpha value is -1.65. The third kappa shape index (κ3) is 1.88. The van der Waals surface area contributed by atoms with Gasteiger partial charge in [-0.05, 0) is 48.6 Å².